The number of aliphatic hydroxyl groups is 1. The van der Waals surface area contributed by atoms with E-state index in [0.29, 0.717) is 37.7 Å². The van der Waals surface area contributed by atoms with Gasteiger partial charge in [0.05, 0.1) is 0 Å². The van der Waals surface area contributed by atoms with Crippen LogP contribution in [-0.4, -0.2) is 30.5 Å². The summed E-state index contributed by atoms with van der Waals surface area (Å²) in [5.74, 6) is 0.726. The molecule has 1 aromatic carbocycles. The molecule has 1 aliphatic heterocycles. The second kappa shape index (κ2) is 5.04. The minimum absolute atomic E-state index is 0.304. The number of hydrogen-bond donors (Lipinski definition) is 1. The Bertz CT molecular complexity index is 331. The first kappa shape index (κ1) is 11.7. The zero-order valence-corrected chi connectivity index (χ0v) is 9.74. The fourth-order valence-electron chi connectivity index (χ4n) is 1.64. The zero-order valence-electron chi connectivity index (χ0n) is 8.99. The van der Waals surface area contributed by atoms with Gasteiger partial charge in [0.15, 0.2) is 0 Å². The first-order valence-corrected chi connectivity index (χ1v) is 5.74. The molecule has 3 nitrogen and oxygen atoms in total. The van der Waals surface area contributed by atoms with Crippen molar-refractivity contribution in [2.45, 2.75) is 18.4 Å². The molecule has 4 heteroatoms. The fourth-order valence-corrected chi connectivity index (χ4v) is 1.77. The van der Waals surface area contributed by atoms with Gasteiger partial charge in [-0.3, -0.25) is 0 Å². The molecule has 1 N–H and O–H groups in total. The Morgan fingerprint density at radius 2 is 1.88 bits per heavy atom. The molecule has 1 heterocycles. The van der Waals surface area contributed by atoms with Gasteiger partial charge in [0.25, 0.3) is 0 Å². The lowest BCUT2D eigenvalue weighted by atomic mass is 9.96. The first-order valence-electron chi connectivity index (χ1n) is 5.36. The van der Waals surface area contributed by atoms with Crippen LogP contribution >= 0.6 is 11.6 Å². The molecule has 0 saturated carbocycles. The maximum Gasteiger partial charge on any atom is 0.119 e. The maximum atomic E-state index is 10.2. The Balaban J connectivity index is 1.88. The third kappa shape index (κ3) is 3.11. The summed E-state index contributed by atoms with van der Waals surface area (Å²) < 4.78 is 10.7. The van der Waals surface area contributed by atoms with Crippen molar-refractivity contribution < 1.29 is 14.6 Å². The predicted octanol–water partition coefficient (Wildman–Crippen LogP) is 2.26. The Kier molecular flexibility index (Phi) is 3.69. The number of halogens is 1. The van der Waals surface area contributed by atoms with Crippen molar-refractivity contribution in [1.82, 2.24) is 0 Å². The summed E-state index contributed by atoms with van der Waals surface area (Å²) in [7, 11) is 0. The second-order valence-electron chi connectivity index (χ2n) is 4.08. The molecule has 0 aliphatic carbocycles. The lowest BCUT2D eigenvalue weighted by molar-refractivity contribution is -0.0855. The molecule has 1 aromatic rings. The fraction of sp³-hybridized carbons (Fsp3) is 0.500. The number of hydrogen-bond acceptors (Lipinski definition) is 3. The van der Waals surface area contributed by atoms with E-state index < -0.39 is 5.60 Å². The monoisotopic (exact) mass is 242 g/mol. The van der Waals surface area contributed by atoms with E-state index in [1.165, 1.54) is 0 Å². The van der Waals surface area contributed by atoms with Gasteiger partial charge >= 0.3 is 0 Å². The topological polar surface area (TPSA) is 38.7 Å². The summed E-state index contributed by atoms with van der Waals surface area (Å²) in [6, 6.07) is 7.13. The zero-order chi connectivity index (χ0) is 11.4. The Labute approximate surface area is 99.9 Å². The average Bonchev–Trinajstić information content (AvgIpc) is 2.29. The van der Waals surface area contributed by atoms with Crippen LogP contribution in [0.1, 0.15) is 12.8 Å². The van der Waals surface area contributed by atoms with Gasteiger partial charge in [-0.05, 0) is 24.3 Å². The van der Waals surface area contributed by atoms with Crippen molar-refractivity contribution in [3.05, 3.63) is 29.3 Å². The Hall–Kier alpha value is -0.770. The van der Waals surface area contributed by atoms with Gasteiger partial charge in [0.1, 0.15) is 18.0 Å². The lowest BCUT2D eigenvalue weighted by Crippen LogP contribution is -2.41. The maximum absolute atomic E-state index is 10.2. The number of ether oxygens (including phenoxy) is 2. The summed E-state index contributed by atoms with van der Waals surface area (Å²) >= 11 is 5.77. The minimum atomic E-state index is -0.752. The average molecular weight is 243 g/mol. The number of rotatable bonds is 3. The molecular weight excluding hydrogens is 228 g/mol. The SMILES string of the molecule is OC1(COc2ccc(Cl)cc2)CCOCC1. The van der Waals surface area contributed by atoms with Gasteiger partial charge < -0.3 is 14.6 Å². The highest BCUT2D eigenvalue weighted by molar-refractivity contribution is 6.30. The van der Waals surface area contributed by atoms with Crippen LogP contribution in [-0.2, 0) is 4.74 Å². The predicted molar refractivity (Wildman–Crippen MR) is 61.9 cm³/mol. The van der Waals surface area contributed by atoms with Crippen molar-refractivity contribution in [3.63, 3.8) is 0 Å². The highest BCUT2D eigenvalue weighted by Gasteiger charge is 2.30. The normalized spacial score (nSPS) is 19.4. The van der Waals surface area contributed by atoms with E-state index in [1.54, 1.807) is 24.3 Å². The van der Waals surface area contributed by atoms with E-state index in [9.17, 15) is 5.11 Å². The third-order valence-electron chi connectivity index (χ3n) is 2.74. The van der Waals surface area contributed by atoms with Crippen LogP contribution in [0.25, 0.3) is 0 Å². The van der Waals surface area contributed by atoms with Gasteiger partial charge in [-0.25, -0.2) is 0 Å². The molecule has 16 heavy (non-hydrogen) atoms. The Morgan fingerprint density at radius 1 is 1.25 bits per heavy atom. The van der Waals surface area contributed by atoms with Gasteiger partial charge in [-0.2, -0.15) is 0 Å². The van der Waals surface area contributed by atoms with Crippen LogP contribution in [0.5, 0.6) is 5.75 Å². The van der Waals surface area contributed by atoms with Gasteiger partial charge in [-0.1, -0.05) is 11.6 Å². The van der Waals surface area contributed by atoms with Gasteiger partial charge in [0, 0.05) is 31.1 Å². The molecular formula is C12H15ClO3. The van der Waals surface area contributed by atoms with E-state index in [0.717, 1.165) is 5.75 Å². The minimum Gasteiger partial charge on any atom is -0.491 e. The van der Waals surface area contributed by atoms with Crippen LogP contribution < -0.4 is 4.74 Å². The molecule has 0 amide bonds. The second-order valence-corrected chi connectivity index (χ2v) is 4.52. The standard InChI is InChI=1S/C12H15ClO3/c13-10-1-3-11(4-2-10)16-9-12(14)5-7-15-8-6-12/h1-4,14H,5-9H2. The van der Waals surface area contributed by atoms with Crippen LogP contribution in [0, 0.1) is 0 Å². The summed E-state index contributed by atoms with van der Waals surface area (Å²) in [5.41, 5.74) is -0.752. The van der Waals surface area contributed by atoms with E-state index in [4.69, 9.17) is 21.1 Å². The highest BCUT2D eigenvalue weighted by atomic mass is 35.5. The van der Waals surface area contributed by atoms with Crippen molar-refractivity contribution in [3.8, 4) is 5.75 Å². The van der Waals surface area contributed by atoms with Crippen LogP contribution in [0.3, 0.4) is 0 Å². The van der Waals surface area contributed by atoms with E-state index >= 15 is 0 Å². The summed E-state index contributed by atoms with van der Waals surface area (Å²) in [6.45, 7) is 1.50. The van der Waals surface area contributed by atoms with Crippen molar-refractivity contribution in [2.24, 2.45) is 0 Å². The van der Waals surface area contributed by atoms with Gasteiger partial charge in [-0.15, -0.1) is 0 Å². The first-order chi connectivity index (χ1) is 7.68. The molecule has 1 fully saturated rings. The quantitative estimate of drug-likeness (QED) is 0.884. The van der Waals surface area contributed by atoms with Crippen LogP contribution in [0.15, 0.2) is 24.3 Å². The van der Waals surface area contributed by atoms with Crippen molar-refractivity contribution >= 4 is 11.6 Å². The molecule has 0 spiro atoms. The molecule has 0 radical (unpaired) electrons. The van der Waals surface area contributed by atoms with Crippen molar-refractivity contribution in [1.29, 1.82) is 0 Å². The van der Waals surface area contributed by atoms with E-state index in [-0.39, 0.29) is 0 Å². The van der Waals surface area contributed by atoms with Crippen molar-refractivity contribution in [2.75, 3.05) is 19.8 Å². The molecule has 88 valence electrons. The van der Waals surface area contributed by atoms with Gasteiger partial charge in [0.2, 0.25) is 0 Å². The molecule has 0 bridgehead atoms. The van der Waals surface area contributed by atoms with E-state index in [1.807, 2.05) is 0 Å². The molecule has 2 rings (SSSR count). The largest absolute Gasteiger partial charge is 0.491 e. The molecule has 0 atom stereocenters. The summed E-state index contributed by atoms with van der Waals surface area (Å²) in [4.78, 5) is 0. The van der Waals surface area contributed by atoms with Crippen LogP contribution in [0.4, 0.5) is 0 Å². The molecule has 1 saturated heterocycles. The highest BCUT2D eigenvalue weighted by Crippen LogP contribution is 2.23. The summed E-state index contributed by atoms with van der Waals surface area (Å²) in [5, 5.41) is 10.8. The molecule has 0 unspecified atom stereocenters. The summed E-state index contributed by atoms with van der Waals surface area (Å²) in [6.07, 6.45) is 1.25. The molecule has 0 aromatic heterocycles. The lowest BCUT2D eigenvalue weighted by Gasteiger charge is -2.31. The third-order valence-corrected chi connectivity index (χ3v) is 3.00. The molecule has 1 aliphatic rings. The van der Waals surface area contributed by atoms with E-state index in [2.05, 4.69) is 0 Å². The van der Waals surface area contributed by atoms with Crippen LogP contribution in [0.2, 0.25) is 5.02 Å². The number of benzene rings is 1. The smallest absolute Gasteiger partial charge is 0.119 e. The Morgan fingerprint density at radius 3 is 2.50 bits per heavy atom.